The van der Waals surface area contributed by atoms with Crippen LogP contribution in [0.3, 0.4) is 0 Å². The van der Waals surface area contributed by atoms with Crippen LogP contribution in [-0.4, -0.2) is 116 Å². The van der Waals surface area contributed by atoms with Crippen molar-refractivity contribution in [2.24, 2.45) is 7.05 Å². The van der Waals surface area contributed by atoms with Crippen LogP contribution in [0.5, 0.6) is 5.75 Å². The van der Waals surface area contributed by atoms with Crippen molar-refractivity contribution in [1.82, 2.24) is 39.9 Å². The molecule has 0 bridgehead atoms. The molecule has 3 aromatic carbocycles. The summed E-state index contributed by atoms with van der Waals surface area (Å²) in [5.74, 6) is -0.537. The molecule has 6 rings (SSSR count). The lowest BCUT2D eigenvalue weighted by Crippen LogP contribution is -2.76. The van der Waals surface area contributed by atoms with Crippen molar-refractivity contribution in [3.63, 3.8) is 0 Å². The second-order valence-electron chi connectivity index (χ2n) is 15.4. The average Bonchev–Trinajstić information content (AvgIpc) is 3.49. The zero-order valence-electron chi connectivity index (χ0n) is 32.4. The fraction of sp³-hybridized carbons (Fsp3) is 0.381. The fourth-order valence-electron chi connectivity index (χ4n) is 7.52. The summed E-state index contributed by atoms with van der Waals surface area (Å²) in [6.45, 7) is 12.0. The molecular formula is C42H52N8O5. The van der Waals surface area contributed by atoms with Gasteiger partial charge in [-0.1, -0.05) is 66.7 Å². The molecule has 290 valence electrons. The van der Waals surface area contributed by atoms with Crippen molar-refractivity contribution in [2.45, 2.75) is 58.0 Å². The lowest BCUT2D eigenvalue weighted by molar-refractivity contribution is -0.189. The van der Waals surface area contributed by atoms with Gasteiger partial charge in [-0.25, -0.2) is 14.8 Å². The monoisotopic (exact) mass is 748 g/mol. The normalized spacial score (nSPS) is 17.7. The van der Waals surface area contributed by atoms with E-state index in [1.807, 2.05) is 66.3 Å². The number of amides is 5. The van der Waals surface area contributed by atoms with Gasteiger partial charge in [-0.3, -0.25) is 14.4 Å². The SMILES string of the molecule is C=CCN1CC(=O)N2[C@@H](Cc3ccc(O)cc3)C(=O)N(Cc3cccc4c(C(=O)N(C)CCNC(C)(C)C)cn(C)c34)C[C@@H]2N1C(=O)NCc1ccccc1. The minimum atomic E-state index is -0.925. The van der Waals surface area contributed by atoms with Gasteiger partial charge in [0.25, 0.3) is 5.91 Å². The summed E-state index contributed by atoms with van der Waals surface area (Å²) in [6.07, 6.45) is 2.84. The number of hydrogen-bond donors (Lipinski definition) is 3. The molecule has 2 aliphatic heterocycles. The second-order valence-corrected chi connectivity index (χ2v) is 15.4. The topological polar surface area (TPSA) is 134 Å². The molecular weight excluding hydrogens is 697 g/mol. The van der Waals surface area contributed by atoms with E-state index in [0.29, 0.717) is 18.7 Å². The van der Waals surface area contributed by atoms with Crippen molar-refractivity contribution < 1.29 is 24.3 Å². The number of piperazine rings is 1. The van der Waals surface area contributed by atoms with Crippen molar-refractivity contribution in [1.29, 1.82) is 0 Å². The number of carbonyl (C=O) groups excluding carboxylic acids is 4. The lowest BCUT2D eigenvalue weighted by Gasteiger charge is -2.55. The maximum absolute atomic E-state index is 14.7. The van der Waals surface area contributed by atoms with E-state index in [2.05, 4.69) is 38.0 Å². The van der Waals surface area contributed by atoms with Crippen molar-refractivity contribution in [3.05, 3.63) is 114 Å². The van der Waals surface area contributed by atoms with E-state index >= 15 is 0 Å². The first-order valence-corrected chi connectivity index (χ1v) is 18.7. The predicted octanol–water partition coefficient (Wildman–Crippen LogP) is 4.08. The highest BCUT2D eigenvalue weighted by molar-refractivity contribution is 6.07. The summed E-state index contributed by atoms with van der Waals surface area (Å²) in [5, 5.41) is 20.4. The number of hydrogen-bond acceptors (Lipinski definition) is 7. The van der Waals surface area contributed by atoms with Gasteiger partial charge in [0.1, 0.15) is 18.0 Å². The third-order valence-electron chi connectivity index (χ3n) is 10.2. The summed E-state index contributed by atoms with van der Waals surface area (Å²) < 4.78 is 1.92. The van der Waals surface area contributed by atoms with Gasteiger partial charge < -0.3 is 35.0 Å². The van der Waals surface area contributed by atoms with Crippen LogP contribution in [0.15, 0.2) is 91.6 Å². The van der Waals surface area contributed by atoms with Crippen molar-refractivity contribution in [2.75, 3.05) is 39.8 Å². The molecule has 0 unspecified atom stereocenters. The number of urea groups is 1. The highest BCUT2D eigenvalue weighted by Gasteiger charge is 2.51. The Bertz CT molecular complexity index is 2040. The average molecular weight is 749 g/mol. The minimum absolute atomic E-state index is 0.0547. The van der Waals surface area contributed by atoms with Gasteiger partial charge in [0.15, 0.2) is 0 Å². The molecule has 13 heteroatoms. The molecule has 2 fully saturated rings. The molecule has 2 aliphatic rings. The molecule has 0 radical (unpaired) electrons. The smallest absolute Gasteiger partial charge is 0.334 e. The molecule has 5 amide bonds. The largest absolute Gasteiger partial charge is 0.508 e. The van der Waals surface area contributed by atoms with Crippen LogP contribution >= 0.6 is 0 Å². The molecule has 55 heavy (non-hydrogen) atoms. The predicted molar refractivity (Wildman–Crippen MR) is 212 cm³/mol. The third kappa shape index (κ3) is 8.68. The van der Waals surface area contributed by atoms with Crippen LogP contribution in [0.1, 0.15) is 47.8 Å². The number of benzene rings is 3. The number of rotatable bonds is 12. The number of nitrogens with zero attached hydrogens (tertiary/aromatic N) is 6. The molecule has 13 nitrogen and oxygen atoms in total. The molecule has 1 aromatic heterocycles. The van der Waals surface area contributed by atoms with E-state index in [9.17, 15) is 24.3 Å². The van der Waals surface area contributed by atoms with Crippen LogP contribution in [0.2, 0.25) is 0 Å². The van der Waals surface area contributed by atoms with Crippen LogP contribution < -0.4 is 10.6 Å². The summed E-state index contributed by atoms with van der Waals surface area (Å²) in [4.78, 5) is 61.5. The number of likely N-dealkylation sites (N-methyl/N-ethyl adjacent to an activating group) is 1. The van der Waals surface area contributed by atoms with Gasteiger partial charge in [0.2, 0.25) is 11.8 Å². The van der Waals surface area contributed by atoms with E-state index in [1.54, 1.807) is 62.1 Å². The molecule has 4 aromatic rings. The first-order valence-electron chi connectivity index (χ1n) is 18.7. The number of phenols is 1. The standard InChI is InChI=1S/C42H52N8O5/c1-7-21-48-28-37(52)49-35(23-29-16-18-32(51)19-17-29)40(54)47(27-36(49)50(48)41(55)43-24-30-12-9-8-10-13-30)25-31-14-11-15-33-34(26-46(6)38(31)33)39(53)45(5)22-20-44-42(2,3)4/h7-19,26,35-36,44,51H,1,20-25,27-28H2,2-6H3,(H,43,55)/t35-,36-/m0/s1. The van der Waals surface area contributed by atoms with Gasteiger partial charge >= 0.3 is 6.03 Å². The fourth-order valence-corrected chi connectivity index (χ4v) is 7.52. The van der Waals surface area contributed by atoms with Crippen LogP contribution in [0, 0.1) is 0 Å². The Morgan fingerprint density at radius 2 is 1.73 bits per heavy atom. The number of phenolic OH excluding ortho intramolecular Hbond substituents is 1. The van der Waals surface area contributed by atoms with Gasteiger partial charge in [0.05, 0.1) is 24.2 Å². The summed E-state index contributed by atoms with van der Waals surface area (Å²) in [6, 6.07) is 20.6. The van der Waals surface area contributed by atoms with Crippen molar-refractivity contribution >= 4 is 34.7 Å². The maximum atomic E-state index is 14.7. The number of hydrazine groups is 1. The summed E-state index contributed by atoms with van der Waals surface area (Å²) in [7, 11) is 3.69. The number of fused-ring (bicyclic) bond motifs is 2. The van der Waals surface area contributed by atoms with Gasteiger partial charge in [-0.15, -0.1) is 6.58 Å². The summed E-state index contributed by atoms with van der Waals surface area (Å²) >= 11 is 0. The highest BCUT2D eigenvalue weighted by Crippen LogP contribution is 2.32. The zero-order chi connectivity index (χ0) is 39.4. The quantitative estimate of drug-likeness (QED) is 0.186. The molecule has 2 saturated heterocycles. The number of carbonyl (C=O) groups is 4. The molecule has 3 heterocycles. The van der Waals surface area contributed by atoms with Crippen LogP contribution in [0.25, 0.3) is 10.9 Å². The van der Waals surface area contributed by atoms with E-state index in [1.165, 1.54) is 0 Å². The highest BCUT2D eigenvalue weighted by atomic mass is 16.3. The maximum Gasteiger partial charge on any atom is 0.334 e. The number of para-hydroxylation sites is 1. The van der Waals surface area contributed by atoms with E-state index < -0.39 is 18.2 Å². The third-order valence-corrected chi connectivity index (χ3v) is 10.2. The Morgan fingerprint density at radius 1 is 1.00 bits per heavy atom. The Labute approximate surface area is 322 Å². The van der Waals surface area contributed by atoms with E-state index in [0.717, 1.165) is 27.6 Å². The van der Waals surface area contributed by atoms with Crippen LogP contribution in [-0.2, 0) is 36.1 Å². The number of aromatic hydroxyl groups is 1. The summed E-state index contributed by atoms with van der Waals surface area (Å²) in [5.41, 5.74) is 3.82. The minimum Gasteiger partial charge on any atom is -0.508 e. The van der Waals surface area contributed by atoms with Crippen LogP contribution in [0.4, 0.5) is 4.79 Å². The Hall–Kier alpha value is -5.66. The number of aromatic nitrogens is 1. The number of nitrogens with one attached hydrogen (secondary N) is 2. The molecule has 3 N–H and O–H groups in total. The molecule has 2 atom stereocenters. The molecule has 0 saturated carbocycles. The van der Waals surface area contributed by atoms with E-state index in [4.69, 9.17) is 0 Å². The van der Waals surface area contributed by atoms with E-state index in [-0.39, 0.29) is 68.2 Å². The first-order chi connectivity index (χ1) is 26.3. The Balaban J connectivity index is 1.34. The van der Waals surface area contributed by atoms with Gasteiger partial charge in [-0.05, 0) is 49.6 Å². The second kappa shape index (κ2) is 16.4. The number of aryl methyl sites for hydroxylation is 1. The lowest BCUT2D eigenvalue weighted by atomic mass is 9.98. The first kappa shape index (κ1) is 39.0. The Kier molecular flexibility index (Phi) is 11.6. The molecule has 0 aliphatic carbocycles. The van der Waals surface area contributed by atoms with Gasteiger partial charge in [-0.2, -0.15) is 0 Å². The zero-order valence-corrected chi connectivity index (χ0v) is 32.4. The molecule has 0 spiro atoms. The van der Waals surface area contributed by atoms with Crippen molar-refractivity contribution in [3.8, 4) is 5.75 Å². The Morgan fingerprint density at radius 3 is 2.42 bits per heavy atom. The van der Waals surface area contributed by atoms with Gasteiger partial charge in [0, 0.05) is 70.4 Å².